The molecule has 1 aromatic heterocycles. The maximum atomic E-state index is 10.8. The van der Waals surface area contributed by atoms with Crippen molar-refractivity contribution in [1.82, 2.24) is 9.78 Å². The number of hydrogen-bond acceptors (Lipinski definition) is 3. The summed E-state index contributed by atoms with van der Waals surface area (Å²) in [7, 11) is 0. The summed E-state index contributed by atoms with van der Waals surface area (Å²) in [6, 6.07) is 1.87. The Bertz CT molecular complexity index is 382. The van der Waals surface area contributed by atoms with E-state index in [-0.39, 0.29) is 6.04 Å². The summed E-state index contributed by atoms with van der Waals surface area (Å²) in [6.45, 7) is 7.31. The fourth-order valence-electron chi connectivity index (χ4n) is 1.68. The molecule has 1 unspecified atom stereocenters. The number of carboxylic acids is 1. The van der Waals surface area contributed by atoms with Crippen LogP contribution < -0.4 is 0 Å². The fraction of sp³-hybridized carbons (Fsp3) is 0.636. The molecule has 0 bridgehead atoms. The lowest BCUT2D eigenvalue weighted by Crippen LogP contribution is -2.41. The third-order valence-corrected chi connectivity index (χ3v) is 2.74. The number of carboxylic acid groups (broad SMARTS) is 1. The Kier molecular flexibility index (Phi) is 3.38. The molecule has 1 rings (SSSR count). The maximum Gasteiger partial charge on any atom is 0.333 e. The molecular weight excluding hydrogens is 208 g/mol. The minimum absolute atomic E-state index is 0.130. The molecule has 0 radical (unpaired) electrons. The van der Waals surface area contributed by atoms with Crippen LogP contribution in [-0.2, 0) is 10.2 Å². The van der Waals surface area contributed by atoms with Crippen LogP contribution in [-0.4, -0.2) is 32.1 Å². The van der Waals surface area contributed by atoms with E-state index in [0.29, 0.717) is 0 Å². The Hall–Kier alpha value is -1.36. The molecule has 0 aliphatic heterocycles. The van der Waals surface area contributed by atoms with Crippen molar-refractivity contribution in [2.45, 2.75) is 45.3 Å². The molecule has 5 nitrogen and oxygen atoms in total. The molecule has 5 heteroatoms. The molecule has 1 atom stereocenters. The zero-order chi connectivity index (χ0) is 12.5. The van der Waals surface area contributed by atoms with Crippen LogP contribution >= 0.6 is 0 Å². The third-order valence-electron chi connectivity index (χ3n) is 2.74. The molecule has 0 spiro atoms. The van der Waals surface area contributed by atoms with Gasteiger partial charge in [-0.2, -0.15) is 5.10 Å². The SMILES string of the molecule is CC(C)n1nccc1C(C)(C)C(O)C(=O)O. The van der Waals surface area contributed by atoms with Gasteiger partial charge in [-0.05, 0) is 19.9 Å². The van der Waals surface area contributed by atoms with E-state index < -0.39 is 17.5 Å². The average molecular weight is 226 g/mol. The van der Waals surface area contributed by atoms with Crippen molar-refractivity contribution in [3.05, 3.63) is 18.0 Å². The monoisotopic (exact) mass is 226 g/mol. The molecule has 0 aliphatic rings. The number of aliphatic hydroxyl groups is 1. The smallest absolute Gasteiger partial charge is 0.333 e. The van der Waals surface area contributed by atoms with Gasteiger partial charge in [-0.15, -0.1) is 0 Å². The number of aromatic nitrogens is 2. The predicted octanol–water partition coefficient (Wildman–Crippen LogP) is 1.19. The summed E-state index contributed by atoms with van der Waals surface area (Å²) in [5.41, 5.74) is -0.149. The van der Waals surface area contributed by atoms with E-state index in [1.807, 2.05) is 13.8 Å². The van der Waals surface area contributed by atoms with Crippen LogP contribution in [0.5, 0.6) is 0 Å². The van der Waals surface area contributed by atoms with Gasteiger partial charge in [-0.1, -0.05) is 13.8 Å². The Morgan fingerprint density at radius 1 is 1.50 bits per heavy atom. The van der Waals surface area contributed by atoms with Crippen molar-refractivity contribution in [2.24, 2.45) is 0 Å². The summed E-state index contributed by atoms with van der Waals surface area (Å²) in [5.74, 6) is -1.22. The van der Waals surface area contributed by atoms with Crippen LogP contribution in [0, 0.1) is 0 Å². The maximum absolute atomic E-state index is 10.8. The van der Waals surface area contributed by atoms with Gasteiger partial charge >= 0.3 is 5.97 Å². The van der Waals surface area contributed by atoms with Gasteiger partial charge in [0.15, 0.2) is 6.10 Å². The molecule has 1 heterocycles. The first-order valence-electron chi connectivity index (χ1n) is 5.23. The minimum Gasteiger partial charge on any atom is -0.479 e. The zero-order valence-corrected chi connectivity index (χ0v) is 10.0. The lowest BCUT2D eigenvalue weighted by atomic mass is 9.83. The van der Waals surface area contributed by atoms with E-state index >= 15 is 0 Å². The van der Waals surface area contributed by atoms with Gasteiger partial charge in [0, 0.05) is 23.3 Å². The van der Waals surface area contributed by atoms with Gasteiger partial charge in [-0.3, -0.25) is 4.68 Å². The zero-order valence-electron chi connectivity index (χ0n) is 10.0. The first-order chi connectivity index (χ1) is 7.28. The molecule has 2 N–H and O–H groups in total. The quantitative estimate of drug-likeness (QED) is 0.808. The van der Waals surface area contributed by atoms with Crippen LogP contribution in [0.15, 0.2) is 12.3 Å². The van der Waals surface area contributed by atoms with Crippen molar-refractivity contribution in [2.75, 3.05) is 0 Å². The van der Waals surface area contributed by atoms with Gasteiger partial charge in [0.1, 0.15) is 0 Å². The van der Waals surface area contributed by atoms with E-state index in [9.17, 15) is 9.90 Å². The Morgan fingerprint density at radius 2 is 2.06 bits per heavy atom. The predicted molar refractivity (Wildman–Crippen MR) is 59.3 cm³/mol. The van der Waals surface area contributed by atoms with Gasteiger partial charge < -0.3 is 10.2 Å². The number of rotatable bonds is 4. The highest BCUT2D eigenvalue weighted by atomic mass is 16.4. The second-order valence-electron chi connectivity index (χ2n) is 4.72. The van der Waals surface area contributed by atoms with Crippen molar-refractivity contribution in [3.8, 4) is 0 Å². The highest BCUT2D eigenvalue weighted by Crippen LogP contribution is 2.28. The van der Waals surface area contributed by atoms with E-state index in [2.05, 4.69) is 5.10 Å². The van der Waals surface area contributed by atoms with E-state index in [0.717, 1.165) is 5.69 Å². The average Bonchev–Trinajstić information content (AvgIpc) is 2.65. The standard InChI is InChI=1S/C11H18N2O3/c1-7(2)13-8(5-6-12-13)11(3,4)9(14)10(15)16/h5-7,9,14H,1-4H3,(H,15,16). The molecule has 0 aliphatic carbocycles. The summed E-state index contributed by atoms with van der Waals surface area (Å²) in [5, 5.41) is 22.7. The molecule has 0 fully saturated rings. The highest BCUT2D eigenvalue weighted by molar-refractivity contribution is 5.74. The van der Waals surface area contributed by atoms with Crippen molar-refractivity contribution in [3.63, 3.8) is 0 Å². The molecule has 0 saturated heterocycles. The molecule has 0 aromatic carbocycles. The van der Waals surface area contributed by atoms with Crippen LogP contribution in [0.2, 0.25) is 0 Å². The van der Waals surface area contributed by atoms with Crippen molar-refractivity contribution in [1.29, 1.82) is 0 Å². The number of carbonyl (C=O) groups is 1. The van der Waals surface area contributed by atoms with Crippen LogP contribution in [0.1, 0.15) is 39.4 Å². The number of hydrogen-bond donors (Lipinski definition) is 2. The van der Waals surface area contributed by atoms with Crippen LogP contribution in [0.4, 0.5) is 0 Å². The van der Waals surface area contributed by atoms with Crippen LogP contribution in [0.3, 0.4) is 0 Å². The van der Waals surface area contributed by atoms with Crippen molar-refractivity contribution < 1.29 is 15.0 Å². The van der Waals surface area contributed by atoms with Gasteiger partial charge in [0.2, 0.25) is 0 Å². The largest absolute Gasteiger partial charge is 0.479 e. The van der Waals surface area contributed by atoms with Crippen molar-refractivity contribution >= 4 is 5.97 Å². The molecule has 16 heavy (non-hydrogen) atoms. The number of nitrogens with zero attached hydrogens (tertiary/aromatic N) is 2. The first kappa shape index (κ1) is 12.7. The summed E-state index contributed by atoms with van der Waals surface area (Å²) in [6.07, 6.45) is 0.174. The second-order valence-corrected chi connectivity index (χ2v) is 4.72. The molecular formula is C11H18N2O3. The Labute approximate surface area is 94.7 Å². The Morgan fingerprint density at radius 3 is 2.50 bits per heavy atom. The molecule has 90 valence electrons. The van der Waals surface area contributed by atoms with Gasteiger partial charge in [-0.25, -0.2) is 4.79 Å². The molecule has 1 aromatic rings. The topological polar surface area (TPSA) is 75.3 Å². The Balaban J connectivity index is 3.16. The fourth-order valence-corrected chi connectivity index (χ4v) is 1.68. The lowest BCUT2D eigenvalue weighted by molar-refractivity contribution is -0.150. The summed E-state index contributed by atoms with van der Waals surface area (Å²) in [4.78, 5) is 10.8. The van der Waals surface area contributed by atoms with Crippen LogP contribution in [0.25, 0.3) is 0 Å². The van der Waals surface area contributed by atoms with Gasteiger partial charge in [0.25, 0.3) is 0 Å². The second kappa shape index (κ2) is 4.25. The normalized spacial score (nSPS) is 14.1. The summed E-state index contributed by atoms with van der Waals surface area (Å²) < 4.78 is 1.73. The molecule has 0 saturated carbocycles. The molecule has 0 amide bonds. The summed E-state index contributed by atoms with van der Waals surface area (Å²) >= 11 is 0. The minimum atomic E-state index is -1.44. The number of aliphatic hydroxyl groups excluding tert-OH is 1. The van der Waals surface area contributed by atoms with Gasteiger partial charge in [0.05, 0.1) is 0 Å². The van der Waals surface area contributed by atoms with E-state index in [4.69, 9.17) is 5.11 Å². The highest BCUT2D eigenvalue weighted by Gasteiger charge is 2.37. The van der Waals surface area contributed by atoms with E-state index in [1.165, 1.54) is 0 Å². The lowest BCUT2D eigenvalue weighted by Gasteiger charge is -2.29. The number of aliphatic carboxylic acids is 1. The van der Waals surface area contributed by atoms with E-state index in [1.54, 1.807) is 30.8 Å². The first-order valence-corrected chi connectivity index (χ1v) is 5.23. The third kappa shape index (κ3) is 2.09.